The molecule has 0 radical (unpaired) electrons. The summed E-state index contributed by atoms with van der Waals surface area (Å²) in [6.07, 6.45) is 7.30. The molecule has 3 rings (SSSR count). The third-order valence-corrected chi connectivity index (χ3v) is 4.14. The molecular formula is C17H16Cl2N4O. The van der Waals surface area contributed by atoms with Crippen molar-refractivity contribution < 1.29 is 4.74 Å². The SMILES string of the molecule is Cn1ncc(Cl)c1[C@@H](Cc1cccnc1)OCc1ccc(Cl)nc1. The molecule has 0 bridgehead atoms. The molecule has 7 heteroatoms. The van der Waals surface area contributed by atoms with Gasteiger partial charge in [0.05, 0.1) is 23.5 Å². The van der Waals surface area contributed by atoms with E-state index in [1.165, 1.54) is 0 Å². The molecule has 0 saturated carbocycles. The van der Waals surface area contributed by atoms with Crippen molar-refractivity contribution in [2.75, 3.05) is 0 Å². The molecule has 5 nitrogen and oxygen atoms in total. The molecule has 0 saturated heterocycles. The highest BCUT2D eigenvalue weighted by Gasteiger charge is 2.21. The monoisotopic (exact) mass is 362 g/mol. The van der Waals surface area contributed by atoms with E-state index in [1.807, 2.05) is 31.4 Å². The van der Waals surface area contributed by atoms with E-state index in [-0.39, 0.29) is 6.10 Å². The lowest BCUT2D eigenvalue weighted by atomic mass is 10.1. The maximum atomic E-state index is 6.30. The quantitative estimate of drug-likeness (QED) is 0.621. The Morgan fingerprint density at radius 2 is 2.00 bits per heavy atom. The Morgan fingerprint density at radius 1 is 1.12 bits per heavy atom. The van der Waals surface area contributed by atoms with Crippen molar-refractivity contribution >= 4 is 23.2 Å². The Hall–Kier alpha value is -1.95. The highest BCUT2D eigenvalue weighted by molar-refractivity contribution is 6.31. The van der Waals surface area contributed by atoms with Crippen LogP contribution in [0, 0.1) is 0 Å². The zero-order valence-corrected chi connectivity index (χ0v) is 14.6. The van der Waals surface area contributed by atoms with Crippen LogP contribution in [0.2, 0.25) is 10.2 Å². The predicted octanol–water partition coefficient (Wildman–Crippen LogP) is 4.02. The smallest absolute Gasteiger partial charge is 0.129 e. The Bertz CT molecular complexity index is 771. The molecule has 0 fully saturated rings. The van der Waals surface area contributed by atoms with Gasteiger partial charge in [0.25, 0.3) is 0 Å². The fourth-order valence-electron chi connectivity index (χ4n) is 2.44. The Labute approximate surface area is 150 Å². The molecule has 0 aliphatic carbocycles. The van der Waals surface area contributed by atoms with Crippen LogP contribution in [-0.4, -0.2) is 19.7 Å². The van der Waals surface area contributed by atoms with E-state index in [4.69, 9.17) is 27.9 Å². The summed E-state index contributed by atoms with van der Waals surface area (Å²) < 4.78 is 7.86. The second-order valence-corrected chi connectivity index (χ2v) is 6.15. The zero-order chi connectivity index (χ0) is 16.9. The van der Waals surface area contributed by atoms with Gasteiger partial charge in [-0.25, -0.2) is 4.98 Å². The highest BCUT2D eigenvalue weighted by Crippen LogP contribution is 2.29. The summed E-state index contributed by atoms with van der Waals surface area (Å²) in [7, 11) is 1.85. The zero-order valence-electron chi connectivity index (χ0n) is 13.1. The minimum atomic E-state index is -0.245. The highest BCUT2D eigenvalue weighted by atomic mass is 35.5. The minimum Gasteiger partial charge on any atom is -0.367 e. The lowest BCUT2D eigenvalue weighted by molar-refractivity contribution is 0.0345. The molecule has 0 N–H and O–H groups in total. The molecule has 1 atom stereocenters. The summed E-state index contributed by atoms with van der Waals surface area (Å²) in [6, 6.07) is 7.55. The Balaban J connectivity index is 1.80. The number of hydrogen-bond acceptors (Lipinski definition) is 4. The van der Waals surface area contributed by atoms with Crippen molar-refractivity contribution in [1.82, 2.24) is 19.7 Å². The van der Waals surface area contributed by atoms with Gasteiger partial charge in [-0.05, 0) is 23.3 Å². The van der Waals surface area contributed by atoms with Crippen LogP contribution in [0.1, 0.15) is 22.9 Å². The first-order valence-corrected chi connectivity index (χ1v) is 8.17. The van der Waals surface area contributed by atoms with Gasteiger partial charge in [0.2, 0.25) is 0 Å². The predicted molar refractivity (Wildman–Crippen MR) is 92.9 cm³/mol. The third-order valence-electron chi connectivity index (χ3n) is 3.63. The minimum absolute atomic E-state index is 0.245. The van der Waals surface area contributed by atoms with Crippen LogP contribution in [0.25, 0.3) is 0 Å². The number of rotatable bonds is 6. The van der Waals surface area contributed by atoms with Gasteiger partial charge in [-0.3, -0.25) is 9.67 Å². The van der Waals surface area contributed by atoms with Gasteiger partial charge in [-0.2, -0.15) is 5.10 Å². The molecule has 0 amide bonds. The summed E-state index contributed by atoms with van der Waals surface area (Å²) in [5.74, 6) is 0. The second-order valence-electron chi connectivity index (χ2n) is 5.36. The van der Waals surface area contributed by atoms with E-state index >= 15 is 0 Å². The van der Waals surface area contributed by atoms with Crippen molar-refractivity contribution in [2.24, 2.45) is 7.05 Å². The van der Waals surface area contributed by atoms with Crippen molar-refractivity contribution in [2.45, 2.75) is 19.1 Å². The van der Waals surface area contributed by atoms with Crippen molar-refractivity contribution in [3.63, 3.8) is 0 Å². The summed E-state index contributed by atoms with van der Waals surface area (Å²) in [4.78, 5) is 8.23. The number of aryl methyl sites for hydroxylation is 1. The van der Waals surface area contributed by atoms with E-state index in [9.17, 15) is 0 Å². The summed E-state index contributed by atoms with van der Waals surface area (Å²) in [5.41, 5.74) is 2.84. The van der Waals surface area contributed by atoms with Gasteiger partial charge in [-0.1, -0.05) is 35.3 Å². The van der Waals surface area contributed by atoms with Gasteiger partial charge in [0.15, 0.2) is 0 Å². The molecule has 24 heavy (non-hydrogen) atoms. The number of ether oxygens (including phenoxy) is 1. The van der Waals surface area contributed by atoms with Gasteiger partial charge in [0.1, 0.15) is 11.3 Å². The van der Waals surface area contributed by atoms with Crippen molar-refractivity contribution in [3.05, 3.63) is 76.0 Å². The maximum absolute atomic E-state index is 6.30. The second kappa shape index (κ2) is 7.75. The van der Waals surface area contributed by atoms with Crippen LogP contribution in [0.3, 0.4) is 0 Å². The van der Waals surface area contributed by atoms with E-state index < -0.39 is 0 Å². The van der Waals surface area contributed by atoms with Crippen LogP contribution in [0.5, 0.6) is 0 Å². The number of pyridine rings is 2. The molecule has 3 aromatic rings. The van der Waals surface area contributed by atoms with Crippen LogP contribution in [0.15, 0.2) is 49.1 Å². The molecule has 124 valence electrons. The third kappa shape index (κ3) is 4.12. The maximum Gasteiger partial charge on any atom is 0.129 e. The van der Waals surface area contributed by atoms with Crippen LogP contribution < -0.4 is 0 Å². The lowest BCUT2D eigenvalue weighted by Gasteiger charge is -2.19. The number of hydrogen-bond donors (Lipinski definition) is 0. The molecule has 3 heterocycles. The standard InChI is InChI=1S/C17H16Cl2N4O/c1-23-17(14(18)10-22-23)15(7-12-3-2-6-20-8-12)24-11-13-4-5-16(19)21-9-13/h2-6,8-10,15H,7,11H2,1H3/t15-/m1/s1. The molecule has 0 aromatic carbocycles. The lowest BCUT2D eigenvalue weighted by Crippen LogP contribution is -2.13. The molecule has 0 unspecified atom stereocenters. The first-order chi connectivity index (χ1) is 11.6. The molecule has 0 spiro atoms. The largest absolute Gasteiger partial charge is 0.367 e. The number of aromatic nitrogens is 4. The average Bonchev–Trinajstić information content (AvgIpc) is 2.93. The molecule has 0 aliphatic heterocycles. The van der Waals surface area contributed by atoms with Crippen molar-refractivity contribution in [3.8, 4) is 0 Å². The van der Waals surface area contributed by atoms with Crippen LogP contribution >= 0.6 is 23.2 Å². The van der Waals surface area contributed by atoms with Gasteiger partial charge in [0, 0.05) is 32.1 Å². The van der Waals surface area contributed by atoms with Crippen LogP contribution in [0.4, 0.5) is 0 Å². The summed E-state index contributed by atoms with van der Waals surface area (Å²) in [5, 5.41) is 5.25. The molecule has 3 aromatic heterocycles. The Kier molecular flexibility index (Phi) is 5.45. The molecule has 0 aliphatic rings. The van der Waals surface area contributed by atoms with Crippen molar-refractivity contribution in [1.29, 1.82) is 0 Å². The van der Waals surface area contributed by atoms with E-state index in [2.05, 4.69) is 15.1 Å². The van der Waals surface area contributed by atoms with Gasteiger partial charge in [-0.15, -0.1) is 0 Å². The van der Waals surface area contributed by atoms with Gasteiger partial charge >= 0.3 is 0 Å². The first kappa shape index (κ1) is 16.9. The fourth-order valence-corrected chi connectivity index (χ4v) is 2.84. The Morgan fingerprint density at radius 3 is 2.62 bits per heavy atom. The van der Waals surface area contributed by atoms with Gasteiger partial charge < -0.3 is 4.74 Å². The van der Waals surface area contributed by atoms with E-state index in [0.29, 0.717) is 23.2 Å². The summed E-state index contributed by atoms with van der Waals surface area (Å²) >= 11 is 12.1. The van der Waals surface area contributed by atoms with E-state index in [0.717, 1.165) is 16.8 Å². The normalized spacial score (nSPS) is 12.3. The topological polar surface area (TPSA) is 52.8 Å². The summed E-state index contributed by atoms with van der Waals surface area (Å²) in [6.45, 7) is 0.399. The fraction of sp³-hybridized carbons (Fsp3) is 0.235. The average molecular weight is 363 g/mol. The van der Waals surface area contributed by atoms with Crippen LogP contribution in [-0.2, 0) is 24.8 Å². The molecular weight excluding hydrogens is 347 g/mol. The first-order valence-electron chi connectivity index (χ1n) is 7.42. The number of nitrogens with zero attached hydrogens (tertiary/aromatic N) is 4. The van der Waals surface area contributed by atoms with E-state index in [1.54, 1.807) is 29.3 Å². The number of halogens is 2.